The van der Waals surface area contributed by atoms with Gasteiger partial charge in [-0.05, 0) is 36.0 Å². The molecule has 0 saturated heterocycles. The van der Waals surface area contributed by atoms with E-state index in [1.54, 1.807) is 0 Å². The lowest BCUT2D eigenvalue weighted by Gasteiger charge is -2.09. The summed E-state index contributed by atoms with van der Waals surface area (Å²) in [6, 6.07) is 8.44. The molecule has 2 rings (SSSR count). The normalized spacial score (nSPS) is 12.9. The van der Waals surface area contributed by atoms with Crippen LogP contribution in [0.15, 0.2) is 22.6 Å². The zero-order valence-electron chi connectivity index (χ0n) is 11.4. The number of furan rings is 1. The average Bonchev–Trinajstić information content (AvgIpc) is 2.75. The minimum absolute atomic E-state index is 0.299. The average molecular weight is 241 g/mol. The molecule has 1 aromatic heterocycles. The largest absolute Gasteiger partial charge is 0.445 e. The molecule has 0 fully saturated rings. The van der Waals surface area contributed by atoms with E-state index in [0.717, 1.165) is 23.0 Å². The lowest BCUT2D eigenvalue weighted by molar-refractivity contribution is 0.589. The molecule has 1 unspecified atom stereocenters. The summed E-state index contributed by atoms with van der Waals surface area (Å²) in [7, 11) is 0. The van der Waals surface area contributed by atoms with E-state index < -0.39 is 0 Å². The van der Waals surface area contributed by atoms with E-state index in [9.17, 15) is 0 Å². The van der Waals surface area contributed by atoms with Gasteiger partial charge in [0.2, 0.25) is 5.76 Å². The molecular formula is C16H19NO. The van der Waals surface area contributed by atoms with Crippen LogP contribution in [0.25, 0.3) is 11.0 Å². The van der Waals surface area contributed by atoms with Crippen molar-refractivity contribution in [2.75, 3.05) is 0 Å². The van der Waals surface area contributed by atoms with Gasteiger partial charge in [0.05, 0.1) is 0 Å². The molecule has 0 radical (unpaired) electrons. The number of nitriles is 1. The Kier molecular flexibility index (Phi) is 3.43. The van der Waals surface area contributed by atoms with Crippen molar-refractivity contribution >= 4 is 11.0 Å². The second kappa shape index (κ2) is 4.86. The molecule has 18 heavy (non-hydrogen) atoms. The van der Waals surface area contributed by atoms with Crippen LogP contribution in [-0.4, -0.2) is 0 Å². The molecule has 0 bridgehead atoms. The van der Waals surface area contributed by atoms with Gasteiger partial charge in [0.1, 0.15) is 11.7 Å². The van der Waals surface area contributed by atoms with Crippen LogP contribution < -0.4 is 0 Å². The van der Waals surface area contributed by atoms with Crippen LogP contribution in [0.1, 0.15) is 62.8 Å². The van der Waals surface area contributed by atoms with Gasteiger partial charge in [-0.3, -0.25) is 0 Å². The van der Waals surface area contributed by atoms with E-state index in [1.165, 1.54) is 5.56 Å². The Labute approximate surface area is 108 Å². The lowest BCUT2D eigenvalue weighted by Crippen LogP contribution is -1.92. The predicted octanol–water partition coefficient (Wildman–Crippen LogP) is 4.94. The molecule has 1 aromatic carbocycles. The summed E-state index contributed by atoms with van der Waals surface area (Å²) in [6.07, 6.45) is 1.12. The summed E-state index contributed by atoms with van der Waals surface area (Å²) < 4.78 is 5.62. The molecule has 0 aliphatic heterocycles. The second-order valence-corrected chi connectivity index (χ2v) is 5.18. The van der Waals surface area contributed by atoms with Crippen LogP contribution >= 0.6 is 0 Å². The Bertz CT molecular complexity index is 601. The Hall–Kier alpha value is -1.75. The molecule has 1 heterocycles. The summed E-state index contributed by atoms with van der Waals surface area (Å²) in [6.45, 7) is 8.61. The zero-order chi connectivity index (χ0) is 13.3. The first-order valence-corrected chi connectivity index (χ1v) is 6.54. The smallest absolute Gasteiger partial charge is 0.208 e. The number of hydrogen-bond donors (Lipinski definition) is 0. The monoisotopic (exact) mass is 241 g/mol. The van der Waals surface area contributed by atoms with Gasteiger partial charge >= 0.3 is 0 Å². The van der Waals surface area contributed by atoms with Crippen molar-refractivity contribution in [3.8, 4) is 6.07 Å². The molecule has 0 aliphatic rings. The number of fused-ring (bicyclic) bond motifs is 1. The van der Waals surface area contributed by atoms with Gasteiger partial charge in [-0.2, -0.15) is 5.26 Å². The quantitative estimate of drug-likeness (QED) is 0.763. The maximum Gasteiger partial charge on any atom is 0.208 e. The molecule has 0 amide bonds. The summed E-state index contributed by atoms with van der Waals surface area (Å²) in [5.74, 6) is 1.30. The third kappa shape index (κ3) is 2.01. The van der Waals surface area contributed by atoms with Crippen molar-refractivity contribution in [2.45, 2.75) is 46.0 Å². The van der Waals surface area contributed by atoms with Crippen molar-refractivity contribution in [1.29, 1.82) is 5.26 Å². The van der Waals surface area contributed by atoms with Gasteiger partial charge < -0.3 is 4.42 Å². The fourth-order valence-electron chi connectivity index (χ4n) is 2.33. The van der Waals surface area contributed by atoms with Crippen molar-refractivity contribution in [3.63, 3.8) is 0 Å². The number of benzene rings is 1. The molecule has 2 heteroatoms. The second-order valence-electron chi connectivity index (χ2n) is 5.18. The summed E-state index contributed by atoms with van der Waals surface area (Å²) in [4.78, 5) is 0. The van der Waals surface area contributed by atoms with Gasteiger partial charge in [0.15, 0.2) is 0 Å². The van der Waals surface area contributed by atoms with E-state index in [-0.39, 0.29) is 0 Å². The van der Waals surface area contributed by atoms with E-state index >= 15 is 0 Å². The first-order chi connectivity index (χ1) is 8.58. The Balaban J connectivity index is 2.68. The number of hydrogen-bond acceptors (Lipinski definition) is 2. The minimum Gasteiger partial charge on any atom is -0.445 e. The summed E-state index contributed by atoms with van der Waals surface area (Å²) in [5, 5.41) is 10.2. The van der Waals surface area contributed by atoms with Crippen LogP contribution in [0.5, 0.6) is 0 Å². The lowest BCUT2D eigenvalue weighted by atomic mass is 9.94. The van der Waals surface area contributed by atoms with Gasteiger partial charge in [-0.25, -0.2) is 0 Å². The highest BCUT2D eigenvalue weighted by molar-refractivity contribution is 5.84. The maximum absolute atomic E-state index is 9.15. The van der Waals surface area contributed by atoms with Crippen molar-refractivity contribution in [1.82, 2.24) is 0 Å². The Morgan fingerprint density at radius 2 is 2.00 bits per heavy atom. The highest BCUT2D eigenvalue weighted by Crippen LogP contribution is 2.33. The van der Waals surface area contributed by atoms with E-state index in [0.29, 0.717) is 17.6 Å². The number of rotatable bonds is 3. The van der Waals surface area contributed by atoms with Crippen molar-refractivity contribution in [3.05, 3.63) is 35.1 Å². The summed E-state index contributed by atoms with van der Waals surface area (Å²) in [5.41, 5.74) is 3.18. The highest BCUT2D eigenvalue weighted by atomic mass is 16.3. The minimum atomic E-state index is 0.299. The Morgan fingerprint density at radius 1 is 1.28 bits per heavy atom. The standard InChI is InChI=1S/C16H19NO/c1-5-11(4)12-6-7-14-13(8-12)16(10(2)3)15(9-17)18-14/h6-8,10-11H,5H2,1-4H3. The first-order valence-electron chi connectivity index (χ1n) is 6.54. The van der Waals surface area contributed by atoms with Crippen LogP contribution in [0, 0.1) is 11.3 Å². The fraction of sp³-hybridized carbons (Fsp3) is 0.438. The molecule has 2 nitrogen and oxygen atoms in total. The van der Waals surface area contributed by atoms with E-state index in [4.69, 9.17) is 9.68 Å². The fourth-order valence-corrected chi connectivity index (χ4v) is 2.33. The van der Waals surface area contributed by atoms with Crippen LogP contribution in [-0.2, 0) is 0 Å². The third-order valence-corrected chi connectivity index (χ3v) is 3.61. The molecule has 1 atom stereocenters. The van der Waals surface area contributed by atoms with Crippen molar-refractivity contribution in [2.24, 2.45) is 0 Å². The van der Waals surface area contributed by atoms with Gasteiger partial charge in [0, 0.05) is 10.9 Å². The van der Waals surface area contributed by atoms with Crippen LogP contribution in [0.4, 0.5) is 0 Å². The third-order valence-electron chi connectivity index (χ3n) is 3.61. The van der Waals surface area contributed by atoms with Gasteiger partial charge in [-0.1, -0.05) is 33.8 Å². The molecule has 0 N–H and O–H groups in total. The summed E-state index contributed by atoms with van der Waals surface area (Å²) >= 11 is 0. The van der Waals surface area contributed by atoms with Gasteiger partial charge in [0.25, 0.3) is 0 Å². The van der Waals surface area contributed by atoms with E-state index in [1.807, 2.05) is 6.07 Å². The predicted molar refractivity (Wildman–Crippen MR) is 73.7 cm³/mol. The van der Waals surface area contributed by atoms with Crippen LogP contribution in [0.2, 0.25) is 0 Å². The topological polar surface area (TPSA) is 36.9 Å². The first kappa shape index (κ1) is 12.7. The zero-order valence-corrected chi connectivity index (χ0v) is 11.4. The number of nitrogens with zero attached hydrogens (tertiary/aromatic N) is 1. The molecule has 2 aromatic rings. The van der Waals surface area contributed by atoms with Crippen molar-refractivity contribution < 1.29 is 4.42 Å². The molecule has 0 spiro atoms. The van der Waals surface area contributed by atoms with Crippen LogP contribution in [0.3, 0.4) is 0 Å². The van der Waals surface area contributed by atoms with Gasteiger partial charge in [-0.15, -0.1) is 0 Å². The molecule has 0 saturated carbocycles. The highest BCUT2D eigenvalue weighted by Gasteiger charge is 2.17. The SMILES string of the molecule is CCC(C)c1ccc2oc(C#N)c(C(C)C)c2c1. The molecular weight excluding hydrogens is 222 g/mol. The maximum atomic E-state index is 9.15. The van der Waals surface area contributed by atoms with E-state index in [2.05, 4.69) is 45.9 Å². The Morgan fingerprint density at radius 3 is 2.56 bits per heavy atom. The molecule has 0 aliphatic carbocycles. The molecule has 94 valence electrons.